The van der Waals surface area contributed by atoms with Gasteiger partial charge in [0.25, 0.3) is 0 Å². The highest BCUT2D eigenvalue weighted by atomic mass is 15.3. The summed E-state index contributed by atoms with van der Waals surface area (Å²) < 4.78 is 0. The summed E-state index contributed by atoms with van der Waals surface area (Å²) in [5, 5.41) is 0. The molecule has 0 N–H and O–H groups in total. The zero-order valence-electron chi connectivity index (χ0n) is 11.0. The van der Waals surface area contributed by atoms with E-state index in [-0.39, 0.29) is 0 Å². The van der Waals surface area contributed by atoms with Crippen LogP contribution in [0.25, 0.3) is 0 Å². The van der Waals surface area contributed by atoms with Gasteiger partial charge in [-0.05, 0) is 37.6 Å². The Morgan fingerprint density at radius 2 is 1.94 bits per heavy atom. The van der Waals surface area contributed by atoms with Gasteiger partial charge in [0.1, 0.15) is 0 Å². The second-order valence-electron chi connectivity index (χ2n) is 6.58. The number of hydrogen-bond donors (Lipinski definition) is 0. The third-order valence-corrected chi connectivity index (χ3v) is 5.03. The van der Waals surface area contributed by atoms with Crippen LogP contribution >= 0.6 is 0 Å². The van der Waals surface area contributed by atoms with E-state index < -0.39 is 0 Å². The summed E-state index contributed by atoms with van der Waals surface area (Å²) >= 11 is 0. The van der Waals surface area contributed by atoms with Gasteiger partial charge in [-0.25, -0.2) is 0 Å². The van der Waals surface area contributed by atoms with Crippen molar-refractivity contribution in [2.24, 2.45) is 11.8 Å². The van der Waals surface area contributed by atoms with Crippen LogP contribution in [0.5, 0.6) is 0 Å². The Labute approximate surface area is 100.0 Å². The van der Waals surface area contributed by atoms with E-state index >= 15 is 0 Å². The Balaban J connectivity index is 1.73. The maximum absolute atomic E-state index is 2.86. The van der Waals surface area contributed by atoms with E-state index in [1.807, 2.05) is 0 Å². The molecule has 2 heterocycles. The Hall–Kier alpha value is -0.0800. The van der Waals surface area contributed by atoms with Crippen LogP contribution < -0.4 is 0 Å². The average molecular weight is 222 g/mol. The molecule has 0 radical (unpaired) electrons. The van der Waals surface area contributed by atoms with Gasteiger partial charge in [-0.15, -0.1) is 0 Å². The average Bonchev–Trinajstić information content (AvgIpc) is 2.80. The molecule has 2 nitrogen and oxygen atoms in total. The van der Waals surface area contributed by atoms with E-state index in [1.54, 1.807) is 0 Å². The lowest BCUT2D eigenvalue weighted by Crippen LogP contribution is -2.58. The summed E-state index contributed by atoms with van der Waals surface area (Å²) in [7, 11) is 0. The van der Waals surface area contributed by atoms with Crippen molar-refractivity contribution in [1.29, 1.82) is 0 Å². The molecule has 2 saturated heterocycles. The maximum Gasteiger partial charge on any atom is 0.0249 e. The molecule has 0 aromatic carbocycles. The van der Waals surface area contributed by atoms with Crippen LogP contribution in [-0.4, -0.2) is 47.6 Å². The van der Waals surface area contributed by atoms with Gasteiger partial charge in [0.15, 0.2) is 0 Å². The summed E-state index contributed by atoms with van der Waals surface area (Å²) in [5.74, 6) is 1.78. The molecule has 0 amide bonds. The van der Waals surface area contributed by atoms with Crippen LogP contribution in [0.4, 0.5) is 0 Å². The predicted octanol–water partition coefficient (Wildman–Crippen LogP) is 2.20. The van der Waals surface area contributed by atoms with E-state index in [0.717, 1.165) is 30.0 Å². The van der Waals surface area contributed by atoms with E-state index in [4.69, 9.17) is 0 Å². The minimum absolute atomic E-state index is 0.814. The van der Waals surface area contributed by atoms with E-state index in [9.17, 15) is 0 Å². The zero-order valence-corrected chi connectivity index (χ0v) is 11.0. The quantitative estimate of drug-likeness (QED) is 0.707. The topological polar surface area (TPSA) is 6.48 Å². The molecular formula is C14H26N2. The lowest BCUT2D eigenvalue weighted by molar-refractivity contribution is 0.0208. The van der Waals surface area contributed by atoms with Gasteiger partial charge in [0, 0.05) is 31.2 Å². The molecule has 92 valence electrons. The fourth-order valence-electron chi connectivity index (χ4n) is 3.81. The largest absolute Gasteiger partial charge is 0.298 e. The Bertz CT molecular complexity index is 263. The van der Waals surface area contributed by atoms with Gasteiger partial charge in [-0.2, -0.15) is 0 Å². The van der Waals surface area contributed by atoms with Gasteiger partial charge in [0.2, 0.25) is 0 Å². The van der Waals surface area contributed by atoms with Crippen LogP contribution in [0, 0.1) is 11.8 Å². The molecule has 0 bridgehead atoms. The standard InChI is InChI=1S/C14H26N2/c1-10(2)14-9-15-6-4-5-12(15)8-16(14)13-7-11(13)3/h10-14H,4-9H2,1-3H3. The monoisotopic (exact) mass is 222 g/mol. The normalized spacial score (nSPS) is 45.0. The molecule has 16 heavy (non-hydrogen) atoms. The molecule has 3 fully saturated rings. The summed E-state index contributed by atoms with van der Waals surface area (Å²) in [4.78, 5) is 5.62. The number of nitrogens with zero attached hydrogens (tertiary/aromatic N) is 2. The highest BCUT2D eigenvalue weighted by molar-refractivity contribution is 5.01. The van der Waals surface area contributed by atoms with Crippen molar-refractivity contribution in [3.05, 3.63) is 0 Å². The SMILES string of the molecule is CC(C)C1CN2CCCC2CN1C1CC1C. The van der Waals surface area contributed by atoms with Crippen molar-refractivity contribution in [3.8, 4) is 0 Å². The van der Waals surface area contributed by atoms with Gasteiger partial charge in [-0.3, -0.25) is 9.80 Å². The molecule has 2 heteroatoms. The van der Waals surface area contributed by atoms with Crippen LogP contribution in [0.1, 0.15) is 40.0 Å². The van der Waals surface area contributed by atoms with Gasteiger partial charge < -0.3 is 0 Å². The molecule has 0 aromatic heterocycles. The van der Waals surface area contributed by atoms with Crippen molar-refractivity contribution >= 4 is 0 Å². The van der Waals surface area contributed by atoms with Crippen molar-refractivity contribution in [2.75, 3.05) is 19.6 Å². The summed E-state index contributed by atoms with van der Waals surface area (Å²) in [6, 6.07) is 2.64. The minimum Gasteiger partial charge on any atom is -0.298 e. The summed E-state index contributed by atoms with van der Waals surface area (Å²) in [5.41, 5.74) is 0. The van der Waals surface area contributed by atoms with Crippen LogP contribution in [0.2, 0.25) is 0 Å². The van der Waals surface area contributed by atoms with Crippen LogP contribution in [-0.2, 0) is 0 Å². The summed E-state index contributed by atoms with van der Waals surface area (Å²) in [6.07, 6.45) is 4.34. The molecule has 0 aromatic rings. The van der Waals surface area contributed by atoms with Crippen molar-refractivity contribution in [3.63, 3.8) is 0 Å². The number of fused-ring (bicyclic) bond motifs is 1. The molecule has 2 aliphatic heterocycles. The first-order chi connectivity index (χ1) is 7.66. The fraction of sp³-hybridized carbons (Fsp3) is 1.00. The maximum atomic E-state index is 2.86. The van der Waals surface area contributed by atoms with Crippen LogP contribution in [0.3, 0.4) is 0 Å². The lowest BCUT2D eigenvalue weighted by atomic mass is 9.97. The van der Waals surface area contributed by atoms with E-state index in [2.05, 4.69) is 30.6 Å². The van der Waals surface area contributed by atoms with Gasteiger partial charge in [-0.1, -0.05) is 20.8 Å². The molecule has 4 atom stereocenters. The molecular weight excluding hydrogens is 196 g/mol. The Morgan fingerprint density at radius 3 is 2.56 bits per heavy atom. The highest BCUT2D eigenvalue weighted by Gasteiger charge is 2.46. The smallest absolute Gasteiger partial charge is 0.0249 e. The van der Waals surface area contributed by atoms with Gasteiger partial charge in [0.05, 0.1) is 0 Å². The van der Waals surface area contributed by atoms with Crippen LogP contribution in [0.15, 0.2) is 0 Å². The minimum atomic E-state index is 0.814. The Kier molecular flexibility index (Phi) is 2.75. The van der Waals surface area contributed by atoms with Crippen molar-refractivity contribution in [2.45, 2.75) is 58.2 Å². The first-order valence-corrected chi connectivity index (χ1v) is 7.16. The third kappa shape index (κ3) is 1.80. The second-order valence-corrected chi connectivity index (χ2v) is 6.58. The molecule has 3 aliphatic rings. The summed E-state index contributed by atoms with van der Waals surface area (Å²) in [6.45, 7) is 11.3. The number of piperazine rings is 1. The molecule has 0 spiro atoms. The van der Waals surface area contributed by atoms with Crippen molar-refractivity contribution < 1.29 is 0 Å². The molecule has 1 saturated carbocycles. The van der Waals surface area contributed by atoms with Gasteiger partial charge >= 0.3 is 0 Å². The third-order valence-electron chi connectivity index (χ3n) is 5.03. The fourth-order valence-corrected chi connectivity index (χ4v) is 3.81. The molecule has 4 unspecified atom stereocenters. The zero-order chi connectivity index (χ0) is 11.3. The second kappa shape index (κ2) is 3.99. The predicted molar refractivity (Wildman–Crippen MR) is 67.5 cm³/mol. The lowest BCUT2D eigenvalue weighted by Gasteiger charge is -2.46. The number of rotatable bonds is 2. The van der Waals surface area contributed by atoms with Crippen molar-refractivity contribution in [1.82, 2.24) is 9.80 Å². The van der Waals surface area contributed by atoms with E-state index in [0.29, 0.717) is 0 Å². The molecule has 3 rings (SSSR count). The molecule has 1 aliphatic carbocycles. The first-order valence-electron chi connectivity index (χ1n) is 7.16. The number of hydrogen-bond acceptors (Lipinski definition) is 2. The Morgan fingerprint density at radius 1 is 1.19 bits per heavy atom. The van der Waals surface area contributed by atoms with E-state index in [1.165, 1.54) is 38.9 Å². The highest BCUT2D eigenvalue weighted by Crippen LogP contribution is 2.40. The first kappa shape index (κ1) is 11.0.